The van der Waals surface area contributed by atoms with Gasteiger partial charge in [-0.15, -0.1) is 0 Å². The molecular weight excluding hydrogens is 302 g/mol. The van der Waals surface area contributed by atoms with Crippen LogP contribution in [-0.2, 0) is 20.0 Å². The molecule has 0 unspecified atom stereocenters. The van der Waals surface area contributed by atoms with Crippen LogP contribution in [0.2, 0.25) is 0 Å². The van der Waals surface area contributed by atoms with Crippen LogP contribution in [0.4, 0.5) is 0 Å². The molecule has 110 valence electrons. The van der Waals surface area contributed by atoms with Gasteiger partial charge in [0.1, 0.15) is 0 Å². The van der Waals surface area contributed by atoms with Gasteiger partial charge in [-0.05, 0) is 18.2 Å². The van der Waals surface area contributed by atoms with E-state index in [9.17, 15) is 16.8 Å². The number of hydrogen-bond acceptors (Lipinski definition) is 5. The van der Waals surface area contributed by atoms with E-state index < -0.39 is 20.0 Å². The van der Waals surface area contributed by atoms with Gasteiger partial charge in [0.2, 0.25) is 20.0 Å². The van der Waals surface area contributed by atoms with Crippen LogP contribution >= 0.6 is 0 Å². The Labute approximate surface area is 118 Å². The maximum absolute atomic E-state index is 11.9. The highest BCUT2D eigenvalue weighted by Gasteiger charge is 2.18. The van der Waals surface area contributed by atoms with Crippen molar-refractivity contribution < 1.29 is 16.8 Å². The number of nitrogens with one attached hydrogen (secondary N) is 1. The fraction of sp³-hybridized carbons (Fsp3) is 0.364. The van der Waals surface area contributed by atoms with Crippen molar-refractivity contribution in [1.82, 2.24) is 9.03 Å². The van der Waals surface area contributed by atoms with Crippen LogP contribution in [-0.4, -0.2) is 47.5 Å². The van der Waals surface area contributed by atoms with Crippen molar-refractivity contribution in [2.45, 2.75) is 4.90 Å². The molecule has 0 spiro atoms. The van der Waals surface area contributed by atoms with Crippen molar-refractivity contribution in [2.75, 3.05) is 26.4 Å². The summed E-state index contributed by atoms with van der Waals surface area (Å²) in [6.45, 7) is -0.236. The van der Waals surface area contributed by atoms with E-state index in [0.717, 1.165) is 4.31 Å². The Hall–Kier alpha value is -1.47. The summed E-state index contributed by atoms with van der Waals surface area (Å²) in [5, 5.41) is 8.72. The Morgan fingerprint density at radius 1 is 1.25 bits per heavy atom. The maximum Gasteiger partial charge on any atom is 0.240 e. The second-order valence-electron chi connectivity index (χ2n) is 4.14. The minimum atomic E-state index is -3.83. The molecule has 1 aromatic rings. The lowest BCUT2D eigenvalue weighted by atomic mass is 10.2. The summed E-state index contributed by atoms with van der Waals surface area (Å²) < 4.78 is 50.1. The van der Waals surface area contributed by atoms with Gasteiger partial charge in [0, 0.05) is 20.6 Å². The van der Waals surface area contributed by atoms with Crippen LogP contribution in [0.3, 0.4) is 0 Å². The Kier molecular flexibility index (Phi) is 5.24. The van der Waals surface area contributed by atoms with E-state index in [1.807, 2.05) is 6.07 Å². The predicted octanol–water partition coefficient (Wildman–Crippen LogP) is -0.272. The number of rotatable bonds is 6. The molecule has 0 aliphatic rings. The van der Waals surface area contributed by atoms with Crippen LogP contribution in [0.1, 0.15) is 5.56 Å². The molecule has 0 aliphatic heterocycles. The third-order valence-corrected chi connectivity index (χ3v) is 5.77. The molecule has 1 N–H and O–H groups in total. The van der Waals surface area contributed by atoms with E-state index in [4.69, 9.17) is 5.26 Å². The van der Waals surface area contributed by atoms with Gasteiger partial charge in [-0.25, -0.2) is 25.9 Å². The molecule has 0 bridgehead atoms. The molecule has 1 aromatic carbocycles. The van der Waals surface area contributed by atoms with Gasteiger partial charge in [0.05, 0.1) is 22.3 Å². The molecule has 0 amide bonds. The summed E-state index contributed by atoms with van der Waals surface area (Å²) in [6.07, 6.45) is 0. The summed E-state index contributed by atoms with van der Waals surface area (Å²) in [5.74, 6) is -0.336. The van der Waals surface area contributed by atoms with E-state index in [0.29, 0.717) is 0 Å². The van der Waals surface area contributed by atoms with Crippen LogP contribution in [0.5, 0.6) is 0 Å². The van der Waals surface area contributed by atoms with Crippen molar-refractivity contribution in [3.05, 3.63) is 29.8 Å². The lowest BCUT2D eigenvalue weighted by Crippen LogP contribution is -2.33. The van der Waals surface area contributed by atoms with Gasteiger partial charge in [0.25, 0.3) is 0 Å². The van der Waals surface area contributed by atoms with Crippen LogP contribution in [0.15, 0.2) is 29.2 Å². The summed E-state index contributed by atoms with van der Waals surface area (Å²) in [7, 11) is -4.54. The SMILES string of the molecule is CN(C)S(=O)(=O)CCNS(=O)(=O)c1cccc(C#N)c1. The predicted molar refractivity (Wildman–Crippen MR) is 73.8 cm³/mol. The average Bonchev–Trinajstić information content (AvgIpc) is 2.38. The Morgan fingerprint density at radius 3 is 2.45 bits per heavy atom. The molecule has 0 saturated heterocycles. The maximum atomic E-state index is 11.9. The summed E-state index contributed by atoms with van der Waals surface area (Å²) in [6, 6.07) is 7.33. The molecule has 20 heavy (non-hydrogen) atoms. The first-order valence-electron chi connectivity index (χ1n) is 5.59. The lowest BCUT2D eigenvalue weighted by Gasteiger charge is -2.11. The van der Waals surface area contributed by atoms with Gasteiger partial charge >= 0.3 is 0 Å². The first-order chi connectivity index (χ1) is 9.19. The zero-order valence-electron chi connectivity index (χ0n) is 11.1. The first-order valence-corrected chi connectivity index (χ1v) is 8.68. The molecule has 0 fully saturated rings. The summed E-state index contributed by atoms with van der Waals surface area (Å²) in [4.78, 5) is -0.0706. The Morgan fingerprint density at radius 2 is 1.90 bits per heavy atom. The van der Waals surface area contributed by atoms with Crippen LogP contribution in [0.25, 0.3) is 0 Å². The third-order valence-electron chi connectivity index (χ3n) is 2.48. The lowest BCUT2D eigenvalue weighted by molar-refractivity contribution is 0.519. The number of nitrogens with zero attached hydrogens (tertiary/aromatic N) is 2. The largest absolute Gasteiger partial charge is 0.240 e. The topological polar surface area (TPSA) is 107 Å². The molecule has 0 radical (unpaired) electrons. The highest BCUT2D eigenvalue weighted by atomic mass is 32.2. The van der Waals surface area contributed by atoms with E-state index >= 15 is 0 Å². The molecule has 0 aliphatic carbocycles. The molecule has 7 nitrogen and oxygen atoms in total. The van der Waals surface area contributed by atoms with Crippen molar-refractivity contribution in [3.8, 4) is 6.07 Å². The highest BCUT2D eigenvalue weighted by Crippen LogP contribution is 2.10. The minimum absolute atomic E-state index is 0.0706. The Balaban J connectivity index is 2.79. The standard InChI is InChI=1S/C11H15N3O4S2/c1-14(2)19(15,16)7-6-13-20(17,18)11-5-3-4-10(8-11)9-12/h3-5,8,13H,6-7H2,1-2H3. The number of benzene rings is 1. The van der Waals surface area contributed by atoms with Crippen LogP contribution in [0, 0.1) is 11.3 Å². The van der Waals surface area contributed by atoms with Gasteiger partial charge in [0.15, 0.2) is 0 Å². The smallest absolute Gasteiger partial charge is 0.212 e. The van der Waals surface area contributed by atoms with E-state index in [1.54, 1.807) is 0 Å². The molecule has 0 atom stereocenters. The number of hydrogen-bond donors (Lipinski definition) is 1. The average molecular weight is 317 g/mol. The van der Waals surface area contributed by atoms with E-state index in [-0.39, 0.29) is 22.8 Å². The molecule has 0 aromatic heterocycles. The molecular formula is C11H15N3O4S2. The van der Waals surface area contributed by atoms with Crippen molar-refractivity contribution in [3.63, 3.8) is 0 Å². The normalized spacial score (nSPS) is 12.3. The molecule has 9 heteroatoms. The van der Waals surface area contributed by atoms with Crippen LogP contribution < -0.4 is 4.72 Å². The quantitative estimate of drug-likeness (QED) is 0.777. The Bertz CT molecular complexity index is 718. The van der Waals surface area contributed by atoms with Gasteiger partial charge in [-0.1, -0.05) is 6.07 Å². The highest BCUT2D eigenvalue weighted by molar-refractivity contribution is 7.90. The summed E-state index contributed by atoms with van der Waals surface area (Å²) >= 11 is 0. The van der Waals surface area contributed by atoms with E-state index in [1.165, 1.54) is 38.4 Å². The van der Waals surface area contributed by atoms with Gasteiger partial charge in [-0.3, -0.25) is 0 Å². The fourth-order valence-corrected chi connectivity index (χ4v) is 3.24. The van der Waals surface area contributed by atoms with Gasteiger partial charge < -0.3 is 0 Å². The van der Waals surface area contributed by atoms with Crippen molar-refractivity contribution in [1.29, 1.82) is 5.26 Å². The van der Waals surface area contributed by atoms with Gasteiger partial charge in [-0.2, -0.15) is 5.26 Å². The molecule has 1 rings (SSSR count). The zero-order valence-corrected chi connectivity index (χ0v) is 12.7. The monoisotopic (exact) mass is 317 g/mol. The number of nitriles is 1. The fourth-order valence-electron chi connectivity index (χ4n) is 1.30. The first kappa shape index (κ1) is 16.6. The number of sulfonamides is 2. The molecule has 0 heterocycles. The summed E-state index contributed by atoms with van der Waals surface area (Å²) in [5.41, 5.74) is 0.216. The molecule has 0 saturated carbocycles. The third kappa shape index (κ3) is 4.28. The van der Waals surface area contributed by atoms with E-state index in [2.05, 4.69) is 4.72 Å². The van der Waals surface area contributed by atoms with Crippen molar-refractivity contribution in [2.24, 2.45) is 0 Å². The van der Waals surface area contributed by atoms with Crippen molar-refractivity contribution >= 4 is 20.0 Å². The second-order valence-corrected chi connectivity index (χ2v) is 8.21. The second kappa shape index (κ2) is 6.32. The minimum Gasteiger partial charge on any atom is -0.212 e. The zero-order chi connectivity index (χ0) is 15.4.